The Labute approximate surface area is 123 Å². The van der Waals surface area contributed by atoms with Gasteiger partial charge in [0.25, 0.3) is 0 Å². The highest BCUT2D eigenvalue weighted by molar-refractivity contribution is 5.81. The molecule has 0 spiro atoms. The Kier molecular flexibility index (Phi) is 5.17. The molecule has 0 nitrogen and oxygen atoms in total. The summed E-state index contributed by atoms with van der Waals surface area (Å²) in [7, 11) is 0. The summed E-state index contributed by atoms with van der Waals surface area (Å²) in [5.74, 6) is 0. The monoisotopic (exact) mass is 264 g/mol. The summed E-state index contributed by atoms with van der Waals surface area (Å²) in [4.78, 5) is 0. The summed E-state index contributed by atoms with van der Waals surface area (Å²) in [5, 5.41) is 0. The Morgan fingerprint density at radius 2 is 1.80 bits per heavy atom. The first kappa shape index (κ1) is 14.6. The van der Waals surface area contributed by atoms with Gasteiger partial charge in [0, 0.05) is 0 Å². The van der Waals surface area contributed by atoms with E-state index in [9.17, 15) is 0 Å². The molecule has 0 radical (unpaired) electrons. The molecule has 2 rings (SSSR count). The zero-order chi connectivity index (χ0) is 14.4. The second-order valence-corrected chi connectivity index (χ2v) is 5.50. The first-order valence-corrected chi connectivity index (χ1v) is 7.54. The first-order chi connectivity index (χ1) is 9.70. The maximum atomic E-state index is 2.33. The Bertz CT molecular complexity index is 576. The predicted molar refractivity (Wildman–Crippen MR) is 89.8 cm³/mol. The van der Waals surface area contributed by atoms with Gasteiger partial charge in [-0.1, -0.05) is 73.5 Å². The molecule has 0 atom stereocenters. The minimum absolute atomic E-state index is 1.17. The molecule has 0 saturated heterocycles. The van der Waals surface area contributed by atoms with Crippen molar-refractivity contribution in [3.63, 3.8) is 0 Å². The van der Waals surface area contributed by atoms with Crippen molar-refractivity contribution in [2.45, 2.75) is 40.0 Å². The lowest BCUT2D eigenvalue weighted by Gasteiger charge is -2.09. The van der Waals surface area contributed by atoms with Gasteiger partial charge in [0.2, 0.25) is 0 Å². The van der Waals surface area contributed by atoms with Crippen LogP contribution in [0.5, 0.6) is 0 Å². The zero-order valence-electron chi connectivity index (χ0n) is 12.8. The van der Waals surface area contributed by atoms with Crippen LogP contribution in [-0.2, 0) is 6.42 Å². The van der Waals surface area contributed by atoms with Gasteiger partial charge in [-0.25, -0.2) is 0 Å². The third-order valence-electron chi connectivity index (χ3n) is 3.70. The van der Waals surface area contributed by atoms with Crippen molar-refractivity contribution in [2.24, 2.45) is 0 Å². The van der Waals surface area contributed by atoms with Crippen LogP contribution in [0, 0.1) is 6.92 Å². The average molecular weight is 264 g/mol. The van der Waals surface area contributed by atoms with Crippen LogP contribution in [0.4, 0.5) is 0 Å². The summed E-state index contributed by atoms with van der Waals surface area (Å²) in [6.45, 7) is 6.61. The number of hydrogen-bond donors (Lipinski definition) is 0. The Morgan fingerprint density at radius 3 is 2.50 bits per heavy atom. The number of unbranched alkanes of at least 4 members (excludes halogenated alkanes) is 1. The molecule has 0 aliphatic carbocycles. The smallest absolute Gasteiger partial charge is 0.0219 e. The van der Waals surface area contributed by atoms with Crippen LogP contribution < -0.4 is 0 Å². The van der Waals surface area contributed by atoms with E-state index in [1.54, 1.807) is 0 Å². The van der Waals surface area contributed by atoms with E-state index >= 15 is 0 Å². The molecule has 0 fully saturated rings. The van der Waals surface area contributed by atoms with Gasteiger partial charge in [0.05, 0.1) is 0 Å². The van der Waals surface area contributed by atoms with Crippen molar-refractivity contribution in [3.8, 4) is 0 Å². The molecule has 0 bridgehead atoms. The predicted octanol–water partition coefficient (Wildman–Crippen LogP) is 5.90. The third-order valence-corrected chi connectivity index (χ3v) is 3.70. The SMILES string of the molecule is CCCCc1ccc(C)cc1/C=C(\C)c1ccccc1. The van der Waals surface area contributed by atoms with E-state index in [4.69, 9.17) is 0 Å². The van der Waals surface area contributed by atoms with E-state index in [0.29, 0.717) is 0 Å². The van der Waals surface area contributed by atoms with Crippen molar-refractivity contribution in [1.29, 1.82) is 0 Å². The van der Waals surface area contributed by atoms with E-state index in [0.717, 1.165) is 0 Å². The summed E-state index contributed by atoms with van der Waals surface area (Å²) in [6, 6.07) is 17.4. The van der Waals surface area contributed by atoms with Gasteiger partial charge >= 0.3 is 0 Å². The van der Waals surface area contributed by atoms with Crippen LogP contribution in [0.1, 0.15) is 48.9 Å². The lowest BCUT2D eigenvalue weighted by molar-refractivity contribution is 0.794. The van der Waals surface area contributed by atoms with Gasteiger partial charge in [-0.05, 0) is 49.0 Å². The molecule has 0 heterocycles. The molecule has 0 heteroatoms. The van der Waals surface area contributed by atoms with Crippen molar-refractivity contribution < 1.29 is 0 Å². The van der Waals surface area contributed by atoms with Crippen LogP contribution in [-0.4, -0.2) is 0 Å². The Balaban J connectivity index is 2.33. The quantitative estimate of drug-likeness (QED) is 0.590. The fourth-order valence-electron chi connectivity index (χ4n) is 2.46. The second kappa shape index (κ2) is 7.09. The van der Waals surface area contributed by atoms with Gasteiger partial charge in [-0.3, -0.25) is 0 Å². The van der Waals surface area contributed by atoms with E-state index in [-0.39, 0.29) is 0 Å². The molecule has 2 aromatic rings. The van der Waals surface area contributed by atoms with E-state index in [2.05, 4.69) is 75.4 Å². The van der Waals surface area contributed by atoms with E-state index < -0.39 is 0 Å². The molecule has 0 aliphatic heterocycles. The van der Waals surface area contributed by atoms with Crippen molar-refractivity contribution >= 4 is 11.6 Å². The molecule has 0 unspecified atom stereocenters. The van der Waals surface area contributed by atoms with Crippen LogP contribution in [0.3, 0.4) is 0 Å². The molecule has 0 aliphatic rings. The van der Waals surface area contributed by atoms with Crippen molar-refractivity contribution in [2.75, 3.05) is 0 Å². The molecule has 104 valence electrons. The topological polar surface area (TPSA) is 0 Å². The average Bonchev–Trinajstić information content (AvgIpc) is 2.47. The fourth-order valence-corrected chi connectivity index (χ4v) is 2.46. The summed E-state index contributed by atoms with van der Waals surface area (Å²) in [6.07, 6.45) is 6.00. The lowest BCUT2D eigenvalue weighted by atomic mass is 9.96. The number of rotatable bonds is 5. The summed E-state index contributed by atoms with van der Waals surface area (Å²) in [5.41, 5.74) is 6.80. The highest BCUT2D eigenvalue weighted by Gasteiger charge is 2.02. The van der Waals surface area contributed by atoms with E-state index in [1.165, 1.54) is 47.1 Å². The van der Waals surface area contributed by atoms with Gasteiger partial charge in [-0.15, -0.1) is 0 Å². The maximum Gasteiger partial charge on any atom is -0.0219 e. The van der Waals surface area contributed by atoms with Crippen LogP contribution in [0.15, 0.2) is 48.5 Å². The molecule has 0 amide bonds. The van der Waals surface area contributed by atoms with Crippen LogP contribution in [0.2, 0.25) is 0 Å². The van der Waals surface area contributed by atoms with Gasteiger partial charge in [-0.2, -0.15) is 0 Å². The molecule has 2 aromatic carbocycles. The van der Waals surface area contributed by atoms with E-state index in [1.807, 2.05) is 0 Å². The highest BCUT2D eigenvalue weighted by atomic mass is 14.1. The minimum atomic E-state index is 1.17. The number of hydrogen-bond acceptors (Lipinski definition) is 0. The lowest BCUT2D eigenvalue weighted by Crippen LogP contribution is -1.91. The molecule has 20 heavy (non-hydrogen) atoms. The van der Waals surface area contributed by atoms with Gasteiger partial charge in [0.15, 0.2) is 0 Å². The number of benzene rings is 2. The van der Waals surface area contributed by atoms with Gasteiger partial charge in [0.1, 0.15) is 0 Å². The normalized spacial score (nSPS) is 11.7. The molecule has 0 N–H and O–H groups in total. The zero-order valence-corrected chi connectivity index (χ0v) is 12.8. The molecule has 0 aromatic heterocycles. The highest BCUT2D eigenvalue weighted by Crippen LogP contribution is 2.22. The number of allylic oxidation sites excluding steroid dienone is 1. The molecular weight excluding hydrogens is 240 g/mol. The largest absolute Gasteiger partial charge is 0.0654 e. The number of aryl methyl sites for hydroxylation is 2. The van der Waals surface area contributed by atoms with Crippen molar-refractivity contribution in [3.05, 3.63) is 70.8 Å². The Hall–Kier alpha value is -1.82. The van der Waals surface area contributed by atoms with Crippen LogP contribution >= 0.6 is 0 Å². The standard InChI is InChI=1S/C20H24/c1-4-5-9-19-13-12-16(2)14-20(19)15-17(3)18-10-7-6-8-11-18/h6-8,10-15H,4-5,9H2,1-3H3/b17-15+. The molecule has 0 saturated carbocycles. The summed E-state index contributed by atoms with van der Waals surface area (Å²) >= 11 is 0. The van der Waals surface area contributed by atoms with Gasteiger partial charge < -0.3 is 0 Å². The Morgan fingerprint density at radius 1 is 1.05 bits per heavy atom. The maximum absolute atomic E-state index is 2.33. The first-order valence-electron chi connectivity index (χ1n) is 7.54. The fraction of sp³-hybridized carbons (Fsp3) is 0.300. The summed E-state index contributed by atoms with van der Waals surface area (Å²) < 4.78 is 0. The van der Waals surface area contributed by atoms with Crippen molar-refractivity contribution in [1.82, 2.24) is 0 Å². The minimum Gasteiger partial charge on any atom is -0.0654 e. The second-order valence-electron chi connectivity index (χ2n) is 5.50. The molecular formula is C20H24. The van der Waals surface area contributed by atoms with Crippen LogP contribution in [0.25, 0.3) is 11.6 Å². The third kappa shape index (κ3) is 3.84.